The second-order valence-corrected chi connectivity index (χ2v) is 13.1. The van der Waals surface area contributed by atoms with E-state index in [9.17, 15) is 14.7 Å². The molecule has 5 heterocycles. The molecule has 266 valence electrons. The van der Waals surface area contributed by atoms with Crippen molar-refractivity contribution in [3.05, 3.63) is 76.3 Å². The summed E-state index contributed by atoms with van der Waals surface area (Å²) < 4.78 is 17.2. The quantitative estimate of drug-likeness (QED) is 0.0731. The van der Waals surface area contributed by atoms with Gasteiger partial charge in [0.05, 0.1) is 44.8 Å². The van der Waals surface area contributed by atoms with Crippen LogP contribution in [0.15, 0.2) is 57.1 Å². The van der Waals surface area contributed by atoms with Crippen molar-refractivity contribution in [2.45, 2.75) is 60.5 Å². The van der Waals surface area contributed by atoms with Gasteiger partial charge in [-0.05, 0) is 72.7 Å². The molecule has 0 radical (unpaired) electrons. The van der Waals surface area contributed by atoms with Crippen LogP contribution in [0, 0.1) is 13.8 Å². The predicted molar refractivity (Wildman–Crippen MR) is 197 cm³/mol. The molecule has 1 aromatic carbocycles. The maximum absolute atomic E-state index is 11.8. The maximum atomic E-state index is 11.8. The highest BCUT2D eigenvalue weighted by atomic mass is 35.5. The number of oxazole rings is 2. The number of benzene rings is 1. The smallest absolute Gasteiger partial charge is 0.360 e. The fourth-order valence-electron chi connectivity index (χ4n) is 4.85. The Morgan fingerprint density at radius 1 is 0.882 bits per heavy atom. The van der Waals surface area contributed by atoms with Crippen LogP contribution in [0.2, 0.25) is 5.15 Å². The molecule has 0 unspecified atom stereocenters. The molecule has 6 rings (SSSR count). The number of aromatic carboxylic acids is 1. The zero-order chi connectivity index (χ0) is 36.8. The average Bonchev–Trinajstić information content (AvgIpc) is 3.79. The molecule has 0 saturated carbocycles. The third-order valence-corrected chi connectivity index (χ3v) is 7.99. The van der Waals surface area contributed by atoms with Crippen molar-refractivity contribution in [1.29, 1.82) is 0 Å². The molecule has 0 aliphatic rings. The van der Waals surface area contributed by atoms with Crippen LogP contribution in [0.1, 0.15) is 67.1 Å². The lowest BCUT2D eigenvalue weighted by molar-refractivity contribution is 0.0517. The molecule has 14 nitrogen and oxygen atoms in total. The number of thiazole rings is 1. The number of carbonyl (C=O) groups excluding carboxylic acids is 1. The minimum atomic E-state index is -1.12. The number of carboxylic acids is 1. The summed E-state index contributed by atoms with van der Waals surface area (Å²) in [4.78, 5) is 44.3. The van der Waals surface area contributed by atoms with Gasteiger partial charge in [0.2, 0.25) is 11.8 Å². The summed E-state index contributed by atoms with van der Waals surface area (Å²) in [5.74, 6) is 0.182. The lowest BCUT2D eigenvalue weighted by Gasteiger charge is -2.15. The molecule has 0 spiro atoms. The standard InChI is InChI=1S/C20H19N5O3S.C15H18ClN3O3/c1-10(2)23-15-7-17(24-12-4-5-14-16(6-12)29-9-22-14)21-8-13(15)19-25-18(20(26)27)11(3)28-19;1-5-21-15(20)13-9(4)22-14(19-13)10-7-17-12(16)6-11(10)18-8(2)3/h4-10H,1-3H3,(H,26,27)(H2,21,23,24);6-8H,5H2,1-4H3,(H,17,18). The lowest BCUT2D eigenvalue weighted by atomic mass is 10.2. The molecule has 0 aliphatic heterocycles. The Balaban J connectivity index is 0.000000206. The Morgan fingerprint density at radius 2 is 1.49 bits per heavy atom. The number of aromatic nitrogens is 5. The number of pyridine rings is 2. The van der Waals surface area contributed by atoms with Gasteiger partial charge in [0.25, 0.3) is 0 Å². The maximum Gasteiger partial charge on any atom is 0.360 e. The number of halogens is 1. The molecule has 0 amide bonds. The van der Waals surface area contributed by atoms with E-state index in [0.29, 0.717) is 33.7 Å². The van der Waals surface area contributed by atoms with Gasteiger partial charge in [-0.25, -0.2) is 34.5 Å². The van der Waals surface area contributed by atoms with E-state index in [1.807, 2.05) is 57.5 Å². The summed E-state index contributed by atoms with van der Waals surface area (Å²) in [6, 6.07) is 9.81. The lowest BCUT2D eigenvalue weighted by Crippen LogP contribution is -2.11. The SMILES string of the molecule is CCOC(=O)c1nc(-c2cnc(Cl)cc2NC(C)C)oc1C.Cc1oc(-c2cnc(Nc3ccc4ncsc4c3)cc2NC(C)C)nc1C(=O)O. The first-order valence-corrected chi connectivity index (χ1v) is 17.2. The number of nitrogens with zero attached hydrogens (tertiary/aromatic N) is 5. The van der Waals surface area contributed by atoms with Crippen molar-refractivity contribution in [3.8, 4) is 22.9 Å². The first kappa shape index (κ1) is 36.7. The number of carbonyl (C=O) groups is 2. The Kier molecular flexibility index (Phi) is 11.5. The summed E-state index contributed by atoms with van der Waals surface area (Å²) in [7, 11) is 0. The second-order valence-electron chi connectivity index (χ2n) is 11.8. The summed E-state index contributed by atoms with van der Waals surface area (Å²) in [6.07, 6.45) is 3.18. The van der Waals surface area contributed by atoms with Gasteiger partial charge >= 0.3 is 11.9 Å². The molecule has 0 fully saturated rings. The Labute approximate surface area is 302 Å². The molecule has 6 aromatic rings. The molecular weight excluding hydrogens is 696 g/mol. The van der Waals surface area contributed by atoms with Crippen LogP contribution in [-0.2, 0) is 4.74 Å². The average molecular weight is 733 g/mol. The Morgan fingerprint density at radius 3 is 2.10 bits per heavy atom. The van der Waals surface area contributed by atoms with Crippen LogP contribution in [0.25, 0.3) is 33.1 Å². The van der Waals surface area contributed by atoms with Crippen LogP contribution in [-0.4, -0.2) is 60.7 Å². The molecule has 0 atom stereocenters. The van der Waals surface area contributed by atoms with Crippen molar-refractivity contribution in [2.24, 2.45) is 0 Å². The third kappa shape index (κ3) is 8.98. The monoisotopic (exact) mass is 732 g/mol. The van der Waals surface area contributed by atoms with Crippen molar-refractivity contribution in [1.82, 2.24) is 24.9 Å². The zero-order valence-corrected chi connectivity index (χ0v) is 30.6. The van der Waals surface area contributed by atoms with E-state index in [1.165, 1.54) is 0 Å². The molecular formula is C35H37ClN8O6S. The van der Waals surface area contributed by atoms with Gasteiger partial charge in [-0.2, -0.15) is 0 Å². The van der Waals surface area contributed by atoms with Crippen LogP contribution >= 0.6 is 22.9 Å². The minimum Gasteiger partial charge on any atom is -0.476 e. The number of esters is 1. The van der Waals surface area contributed by atoms with Crippen LogP contribution < -0.4 is 16.0 Å². The predicted octanol–water partition coefficient (Wildman–Crippen LogP) is 8.61. The van der Waals surface area contributed by atoms with E-state index >= 15 is 0 Å². The number of hydrogen-bond donors (Lipinski definition) is 4. The molecule has 0 saturated heterocycles. The topological polar surface area (TPSA) is 190 Å². The number of nitrogens with one attached hydrogen (secondary N) is 3. The number of carboxylic acid groups (broad SMARTS) is 1. The van der Waals surface area contributed by atoms with Crippen molar-refractivity contribution in [2.75, 3.05) is 22.6 Å². The minimum absolute atomic E-state index is 0.101. The molecule has 4 N–H and O–H groups in total. The number of rotatable bonds is 11. The van der Waals surface area contributed by atoms with Crippen molar-refractivity contribution >= 4 is 68.0 Å². The zero-order valence-electron chi connectivity index (χ0n) is 29.0. The molecule has 0 aliphatic carbocycles. The number of hydrogen-bond acceptors (Lipinski definition) is 14. The number of ether oxygens (including phenoxy) is 1. The van der Waals surface area contributed by atoms with E-state index in [2.05, 4.69) is 40.9 Å². The summed E-state index contributed by atoms with van der Waals surface area (Å²) in [5.41, 5.74) is 6.46. The van der Waals surface area contributed by atoms with E-state index in [0.717, 1.165) is 27.3 Å². The fourth-order valence-corrected chi connectivity index (χ4v) is 5.72. The Hall–Kier alpha value is -5.54. The Bertz CT molecular complexity index is 2180. The first-order valence-electron chi connectivity index (χ1n) is 16.0. The van der Waals surface area contributed by atoms with E-state index in [-0.39, 0.29) is 41.7 Å². The van der Waals surface area contributed by atoms with Crippen molar-refractivity contribution in [3.63, 3.8) is 0 Å². The number of fused-ring (bicyclic) bond motifs is 1. The van der Waals surface area contributed by atoms with Gasteiger partial charge in [0.1, 0.15) is 22.5 Å². The van der Waals surface area contributed by atoms with Gasteiger partial charge in [0, 0.05) is 36.2 Å². The van der Waals surface area contributed by atoms with Gasteiger partial charge in [-0.15, -0.1) is 11.3 Å². The highest BCUT2D eigenvalue weighted by molar-refractivity contribution is 7.16. The largest absolute Gasteiger partial charge is 0.476 e. The molecule has 0 bridgehead atoms. The van der Waals surface area contributed by atoms with Gasteiger partial charge in [0.15, 0.2) is 11.4 Å². The van der Waals surface area contributed by atoms with Gasteiger partial charge in [-0.3, -0.25) is 0 Å². The molecule has 51 heavy (non-hydrogen) atoms. The normalized spacial score (nSPS) is 11.0. The van der Waals surface area contributed by atoms with E-state index in [1.54, 1.807) is 50.6 Å². The summed E-state index contributed by atoms with van der Waals surface area (Å²) >= 11 is 7.52. The van der Waals surface area contributed by atoms with Crippen LogP contribution in [0.3, 0.4) is 0 Å². The van der Waals surface area contributed by atoms with E-state index in [4.69, 9.17) is 25.2 Å². The first-order chi connectivity index (χ1) is 24.3. The van der Waals surface area contributed by atoms with E-state index < -0.39 is 11.9 Å². The third-order valence-electron chi connectivity index (χ3n) is 6.99. The number of aryl methyl sites for hydroxylation is 2. The second kappa shape index (κ2) is 16.0. The van der Waals surface area contributed by atoms with Crippen LogP contribution in [0.5, 0.6) is 0 Å². The van der Waals surface area contributed by atoms with Crippen LogP contribution in [0.4, 0.5) is 22.9 Å². The van der Waals surface area contributed by atoms with Gasteiger partial charge in [-0.1, -0.05) is 11.6 Å². The van der Waals surface area contributed by atoms with Gasteiger partial charge < -0.3 is 34.6 Å². The summed E-state index contributed by atoms with van der Waals surface area (Å²) in [5, 5.41) is 19.5. The highest BCUT2D eigenvalue weighted by Crippen LogP contribution is 2.33. The summed E-state index contributed by atoms with van der Waals surface area (Å²) in [6.45, 7) is 13.3. The highest BCUT2D eigenvalue weighted by Gasteiger charge is 2.22. The van der Waals surface area contributed by atoms with Crippen molar-refractivity contribution < 1.29 is 28.3 Å². The molecule has 5 aromatic heterocycles. The fraction of sp³-hybridized carbons (Fsp3) is 0.286. The molecule has 16 heteroatoms. The number of anilines is 4.